The number of aliphatic hydroxyl groups is 1. The molecule has 0 aromatic carbocycles. The Morgan fingerprint density at radius 1 is 1.29 bits per heavy atom. The molecular formula is C10H17ClN4O2. The molecule has 1 heterocycles. The van der Waals surface area contributed by atoms with E-state index in [9.17, 15) is 0 Å². The van der Waals surface area contributed by atoms with Gasteiger partial charge in [-0.25, -0.2) is 0 Å². The molecule has 0 unspecified atom stereocenters. The Kier molecular flexibility index (Phi) is 5.93. The van der Waals surface area contributed by atoms with Crippen molar-refractivity contribution >= 4 is 17.5 Å². The van der Waals surface area contributed by atoms with E-state index in [0.717, 1.165) is 6.42 Å². The van der Waals surface area contributed by atoms with Gasteiger partial charge >= 0.3 is 6.01 Å². The van der Waals surface area contributed by atoms with Crippen molar-refractivity contribution in [2.75, 3.05) is 31.2 Å². The van der Waals surface area contributed by atoms with Crippen LogP contribution in [0.3, 0.4) is 0 Å². The van der Waals surface area contributed by atoms with Crippen LogP contribution in [0, 0.1) is 0 Å². The van der Waals surface area contributed by atoms with E-state index in [1.165, 1.54) is 0 Å². The second-order valence-corrected chi connectivity index (χ2v) is 3.68. The number of aromatic nitrogens is 3. The third-order valence-corrected chi connectivity index (χ3v) is 2.21. The highest BCUT2D eigenvalue weighted by Crippen LogP contribution is 2.14. The van der Waals surface area contributed by atoms with Crippen molar-refractivity contribution < 1.29 is 9.84 Å². The molecule has 0 radical (unpaired) electrons. The summed E-state index contributed by atoms with van der Waals surface area (Å²) in [5, 5.41) is 9.03. The van der Waals surface area contributed by atoms with E-state index in [-0.39, 0.29) is 17.9 Å². The maximum Gasteiger partial charge on any atom is 0.322 e. The zero-order chi connectivity index (χ0) is 12.7. The Morgan fingerprint density at radius 2 is 2.06 bits per heavy atom. The quantitative estimate of drug-likeness (QED) is 0.793. The third kappa shape index (κ3) is 4.32. The molecule has 0 amide bonds. The van der Waals surface area contributed by atoms with Crippen LogP contribution in [0.15, 0.2) is 0 Å². The lowest BCUT2D eigenvalue weighted by molar-refractivity contribution is 0.289. The number of rotatable bonds is 7. The zero-order valence-electron chi connectivity index (χ0n) is 10.1. The van der Waals surface area contributed by atoms with Crippen molar-refractivity contribution in [3.63, 3.8) is 0 Å². The van der Waals surface area contributed by atoms with Gasteiger partial charge in [0.1, 0.15) is 0 Å². The van der Waals surface area contributed by atoms with Crippen molar-refractivity contribution in [1.82, 2.24) is 15.0 Å². The summed E-state index contributed by atoms with van der Waals surface area (Å²) in [6.07, 6.45) is 0.868. The van der Waals surface area contributed by atoms with Gasteiger partial charge in [0.15, 0.2) is 0 Å². The van der Waals surface area contributed by atoms with Gasteiger partial charge < -0.3 is 14.7 Å². The van der Waals surface area contributed by atoms with Crippen LogP contribution in [-0.2, 0) is 0 Å². The minimum Gasteiger partial charge on any atom is -0.463 e. The van der Waals surface area contributed by atoms with Crippen LogP contribution in [-0.4, -0.2) is 46.4 Å². The van der Waals surface area contributed by atoms with Crippen LogP contribution in [0.5, 0.6) is 6.01 Å². The van der Waals surface area contributed by atoms with Gasteiger partial charge in [0.2, 0.25) is 11.2 Å². The molecule has 1 N–H and O–H groups in total. The summed E-state index contributed by atoms with van der Waals surface area (Å²) in [4.78, 5) is 13.8. The van der Waals surface area contributed by atoms with E-state index in [1.807, 2.05) is 13.8 Å². The number of hydrogen-bond acceptors (Lipinski definition) is 6. The Bertz CT molecular complexity index is 351. The zero-order valence-corrected chi connectivity index (χ0v) is 10.8. The first-order chi connectivity index (χ1) is 8.21. The summed E-state index contributed by atoms with van der Waals surface area (Å²) in [6, 6.07) is 0.221. The van der Waals surface area contributed by atoms with Gasteiger partial charge in [0.05, 0.1) is 13.2 Å². The molecule has 96 valence electrons. The standard InChI is InChI=1S/C10H17ClN4O2/c1-3-7-17-10-13-8(11)12-9(14-10)15(4-2)5-6-16/h16H,3-7H2,1-2H3. The second-order valence-electron chi connectivity index (χ2n) is 3.34. The summed E-state index contributed by atoms with van der Waals surface area (Å²) in [5.41, 5.74) is 0. The van der Waals surface area contributed by atoms with E-state index in [2.05, 4.69) is 15.0 Å². The first-order valence-corrected chi connectivity index (χ1v) is 5.99. The van der Waals surface area contributed by atoms with Crippen LogP contribution in [0.1, 0.15) is 20.3 Å². The fourth-order valence-corrected chi connectivity index (χ4v) is 1.39. The molecule has 1 aromatic heterocycles. The highest BCUT2D eigenvalue weighted by molar-refractivity contribution is 6.28. The summed E-state index contributed by atoms with van der Waals surface area (Å²) in [5.74, 6) is 0.424. The maximum atomic E-state index is 8.93. The largest absolute Gasteiger partial charge is 0.463 e. The molecule has 0 atom stereocenters. The Balaban J connectivity index is 2.86. The molecule has 0 aliphatic carbocycles. The molecule has 0 spiro atoms. The smallest absolute Gasteiger partial charge is 0.322 e. The molecular weight excluding hydrogens is 244 g/mol. The minimum absolute atomic E-state index is 0.0301. The molecule has 6 nitrogen and oxygen atoms in total. The van der Waals surface area contributed by atoms with Crippen LogP contribution >= 0.6 is 11.6 Å². The third-order valence-electron chi connectivity index (χ3n) is 2.05. The molecule has 17 heavy (non-hydrogen) atoms. The minimum atomic E-state index is 0.0301. The van der Waals surface area contributed by atoms with Gasteiger partial charge in [0.25, 0.3) is 0 Å². The molecule has 0 bridgehead atoms. The highest BCUT2D eigenvalue weighted by atomic mass is 35.5. The molecule has 1 aromatic rings. The Labute approximate surface area is 106 Å². The Morgan fingerprint density at radius 3 is 2.65 bits per heavy atom. The number of aliphatic hydroxyl groups excluding tert-OH is 1. The average molecular weight is 261 g/mol. The molecule has 1 rings (SSSR count). The number of ether oxygens (including phenoxy) is 1. The van der Waals surface area contributed by atoms with Crippen LogP contribution in [0.4, 0.5) is 5.95 Å². The van der Waals surface area contributed by atoms with E-state index in [1.54, 1.807) is 4.90 Å². The number of halogens is 1. The molecule has 0 fully saturated rings. The molecule has 7 heteroatoms. The summed E-state index contributed by atoms with van der Waals surface area (Å²) in [7, 11) is 0. The van der Waals surface area contributed by atoms with Crippen molar-refractivity contribution in [1.29, 1.82) is 0 Å². The lowest BCUT2D eigenvalue weighted by atomic mass is 10.5. The fourth-order valence-electron chi connectivity index (χ4n) is 1.24. The highest BCUT2D eigenvalue weighted by Gasteiger charge is 2.11. The Hall–Kier alpha value is -1.14. The molecule has 0 saturated heterocycles. The normalized spacial score (nSPS) is 10.4. The predicted octanol–water partition coefficient (Wildman–Crippen LogP) is 1.13. The van der Waals surface area contributed by atoms with Crippen LogP contribution in [0.2, 0.25) is 5.28 Å². The fraction of sp³-hybridized carbons (Fsp3) is 0.700. The van der Waals surface area contributed by atoms with Crippen molar-refractivity contribution in [3.05, 3.63) is 5.28 Å². The number of anilines is 1. The first kappa shape index (κ1) is 13.9. The van der Waals surface area contributed by atoms with Crippen molar-refractivity contribution in [2.45, 2.75) is 20.3 Å². The van der Waals surface area contributed by atoms with Gasteiger partial charge in [-0.05, 0) is 24.9 Å². The van der Waals surface area contributed by atoms with Gasteiger partial charge in [-0.1, -0.05) is 6.92 Å². The topological polar surface area (TPSA) is 71.4 Å². The lowest BCUT2D eigenvalue weighted by Crippen LogP contribution is -2.28. The molecule has 0 saturated carbocycles. The molecule has 0 aliphatic rings. The number of hydrogen-bond donors (Lipinski definition) is 1. The van der Waals surface area contributed by atoms with E-state index in [4.69, 9.17) is 21.4 Å². The second kappa shape index (κ2) is 7.24. The van der Waals surface area contributed by atoms with E-state index < -0.39 is 0 Å². The summed E-state index contributed by atoms with van der Waals surface area (Å²) in [6.45, 7) is 5.63. The van der Waals surface area contributed by atoms with E-state index >= 15 is 0 Å². The maximum absolute atomic E-state index is 8.93. The molecule has 0 aliphatic heterocycles. The lowest BCUT2D eigenvalue weighted by Gasteiger charge is -2.19. The van der Waals surface area contributed by atoms with Crippen molar-refractivity contribution in [2.24, 2.45) is 0 Å². The van der Waals surface area contributed by atoms with Crippen LogP contribution < -0.4 is 9.64 Å². The summed E-state index contributed by atoms with van der Waals surface area (Å²) < 4.78 is 5.31. The average Bonchev–Trinajstić information content (AvgIpc) is 2.32. The van der Waals surface area contributed by atoms with Crippen molar-refractivity contribution in [3.8, 4) is 6.01 Å². The first-order valence-electron chi connectivity index (χ1n) is 5.61. The number of likely N-dealkylation sites (N-methyl/N-ethyl adjacent to an activating group) is 1. The van der Waals surface area contributed by atoms with Gasteiger partial charge in [-0.2, -0.15) is 15.0 Å². The monoisotopic (exact) mass is 260 g/mol. The van der Waals surface area contributed by atoms with Gasteiger partial charge in [0, 0.05) is 13.1 Å². The van der Waals surface area contributed by atoms with E-state index in [0.29, 0.717) is 25.6 Å². The number of nitrogens with zero attached hydrogens (tertiary/aromatic N) is 4. The SMILES string of the molecule is CCCOc1nc(Cl)nc(N(CC)CCO)n1. The van der Waals surface area contributed by atoms with Gasteiger partial charge in [-0.3, -0.25) is 0 Å². The predicted molar refractivity (Wildman–Crippen MR) is 65.6 cm³/mol. The van der Waals surface area contributed by atoms with Crippen LogP contribution in [0.25, 0.3) is 0 Å². The van der Waals surface area contributed by atoms with Gasteiger partial charge in [-0.15, -0.1) is 0 Å². The summed E-state index contributed by atoms with van der Waals surface area (Å²) >= 11 is 5.80.